The van der Waals surface area contributed by atoms with E-state index >= 15 is 0 Å². The van der Waals surface area contributed by atoms with Crippen molar-refractivity contribution in [1.29, 1.82) is 0 Å². The normalized spacial score (nSPS) is 35.6. The molecule has 92 valence electrons. The summed E-state index contributed by atoms with van der Waals surface area (Å²) in [6, 6.07) is 0.696. The van der Waals surface area contributed by atoms with Crippen molar-refractivity contribution in [2.24, 2.45) is 16.8 Å². The van der Waals surface area contributed by atoms with Crippen LogP contribution in [0.1, 0.15) is 58.8 Å². The Hall–Kier alpha value is -0.530. The lowest BCUT2D eigenvalue weighted by Gasteiger charge is -2.22. The maximum atomic E-state index is 4.68. The highest BCUT2D eigenvalue weighted by atomic mass is 15.0. The van der Waals surface area contributed by atoms with Crippen molar-refractivity contribution in [2.75, 3.05) is 6.54 Å². The standard InChI is InChI=1S/C14H26N2/c1-3-12-8-9-13(11(12)2)16-14-7-5-4-6-10-15-14/h11-13H,3-10H2,1-2H3,(H,15,16). The molecule has 2 nitrogen and oxygen atoms in total. The molecule has 3 atom stereocenters. The topological polar surface area (TPSA) is 24.4 Å². The van der Waals surface area contributed by atoms with Crippen LogP contribution < -0.4 is 5.32 Å². The van der Waals surface area contributed by atoms with E-state index in [1.807, 2.05) is 0 Å². The molecule has 2 heteroatoms. The maximum absolute atomic E-state index is 4.68. The van der Waals surface area contributed by atoms with Gasteiger partial charge in [0.15, 0.2) is 0 Å². The number of nitrogens with zero attached hydrogens (tertiary/aromatic N) is 1. The van der Waals surface area contributed by atoms with E-state index in [4.69, 9.17) is 0 Å². The SMILES string of the molecule is CCC1CCC(NC2=NCCCCC2)C1C. The van der Waals surface area contributed by atoms with Gasteiger partial charge in [-0.05, 0) is 37.5 Å². The van der Waals surface area contributed by atoms with Crippen LogP contribution in [0.3, 0.4) is 0 Å². The van der Waals surface area contributed by atoms with Gasteiger partial charge in [0.1, 0.15) is 0 Å². The molecule has 1 N–H and O–H groups in total. The molecule has 2 aliphatic rings. The summed E-state index contributed by atoms with van der Waals surface area (Å²) in [6.45, 7) is 5.78. The molecule has 1 saturated carbocycles. The van der Waals surface area contributed by atoms with Gasteiger partial charge in [-0.3, -0.25) is 4.99 Å². The first-order valence-electron chi connectivity index (χ1n) is 7.11. The predicted octanol–water partition coefficient (Wildman–Crippen LogP) is 3.37. The van der Waals surface area contributed by atoms with Gasteiger partial charge in [0.05, 0.1) is 5.84 Å². The van der Waals surface area contributed by atoms with Crippen LogP contribution in [0.2, 0.25) is 0 Å². The third-order valence-electron chi connectivity index (χ3n) is 4.48. The maximum Gasteiger partial charge on any atom is 0.0965 e. The Labute approximate surface area is 99.9 Å². The molecule has 0 aromatic rings. The molecule has 1 aliphatic carbocycles. The Morgan fingerprint density at radius 1 is 1.25 bits per heavy atom. The van der Waals surface area contributed by atoms with Gasteiger partial charge in [-0.1, -0.05) is 26.7 Å². The summed E-state index contributed by atoms with van der Waals surface area (Å²) in [6.07, 6.45) is 9.23. The molecular weight excluding hydrogens is 196 g/mol. The largest absolute Gasteiger partial charge is 0.371 e. The lowest BCUT2D eigenvalue weighted by molar-refractivity contribution is 0.367. The first-order chi connectivity index (χ1) is 7.81. The van der Waals surface area contributed by atoms with Crippen LogP contribution >= 0.6 is 0 Å². The van der Waals surface area contributed by atoms with E-state index in [1.54, 1.807) is 0 Å². The Balaban J connectivity index is 1.87. The quantitative estimate of drug-likeness (QED) is 0.761. The summed E-state index contributed by atoms with van der Waals surface area (Å²) in [5, 5.41) is 3.72. The number of aliphatic imine (C=N–C) groups is 1. The van der Waals surface area contributed by atoms with Gasteiger partial charge in [0.25, 0.3) is 0 Å². The molecule has 16 heavy (non-hydrogen) atoms. The van der Waals surface area contributed by atoms with Gasteiger partial charge in [-0.15, -0.1) is 0 Å². The summed E-state index contributed by atoms with van der Waals surface area (Å²) in [5.74, 6) is 3.06. The first-order valence-corrected chi connectivity index (χ1v) is 7.11. The van der Waals surface area contributed by atoms with Crippen LogP contribution in [0.15, 0.2) is 4.99 Å². The van der Waals surface area contributed by atoms with Gasteiger partial charge in [-0.2, -0.15) is 0 Å². The molecule has 1 aliphatic heterocycles. The van der Waals surface area contributed by atoms with E-state index in [0.717, 1.165) is 18.4 Å². The number of hydrogen-bond acceptors (Lipinski definition) is 2. The molecule has 0 bridgehead atoms. The van der Waals surface area contributed by atoms with Crippen LogP contribution in [0.4, 0.5) is 0 Å². The number of rotatable bonds is 2. The average molecular weight is 222 g/mol. The van der Waals surface area contributed by atoms with Crippen LogP contribution in [-0.4, -0.2) is 18.4 Å². The monoisotopic (exact) mass is 222 g/mol. The van der Waals surface area contributed by atoms with Crippen molar-refractivity contribution >= 4 is 5.84 Å². The second-order valence-corrected chi connectivity index (χ2v) is 5.49. The fourth-order valence-corrected chi connectivity index (χ4v) is 3.23. The van der Waals surface area contributed by atoms with Crippen molar-refractivity contribution in [2.45, 2.75) is 64.8 Å². The van der Waals surface area contributed by atoms with Gasteiger partial charge in [0.2, 0.25) is 0 Å². The fourth-order valence-electron chi connectivity index (χ4n) is 3.23. The Morgan fingerprint density at radius 2 is 2.12 bits per heavy atom. The van der Waals surface area contributed by atoms with Gasteiger partial charge >= 0.3 is 0 Å². The van der Waals surface area contributed by atoms with Gasteiger partial charge in [0, 0.05) is 19.0 Å². The first kappa shape index (κ1) is 11.9. The summed E-state index contributed by atoms with van der Waals surface area (Å²) in [7, 11) is 0. The molecule has 0 spiro atoms. The zero-order chi connectivity index (χ0) is 11.4. The number of hydrogen-bond donors (Lipinski definition) is 1. The molecular formula is C14H26N2. The van der Waals surface area contributed by atoms with Crippen molar-refractivity contribution in [3.05, 3.63) is 0 Å². The van der Waals surface area contributed by atoms with Gasteiger partial charge in [-0.25, -0.2) is 0 Å². The molecule has 0 saturated heterocycles. The van der Waals surface area contributed by atoms with Crippen molar-refractivity contribution in [1.82, 2.24) is 5.32 Å². The van der Waals surface area contributed by atoms with Crippen LogP contribution in [0.25, 0.3) is 0 Å². The smallest absolute Gasteiger partial charge is 0.0965 e. The number of amidine groups is 1. The molecule has 0 amide bonds. The summed E-state index contributed by atoms with van der Waals surface area (Å²) in [5.41, 5.74) is 0. The zero-order valence-corrected chi connectivity index (χ0v) is 10.8. The second kappa shape index (κ2) is 5.70. The Morgan fingerprint density at radius 3 is 2.88 bits per heavy atom. The van der Waals surface area contributed by atoms with Gasteiger partial charge < -0.3 is 5.32 Å². The highest BCUT2D eigenvalue weighted by molar-refractivity contribution is 5.82. The third kappa shape index (κ3) is 2.78. The van der Waals surface area contributed by atoms with E-state index in [-0.39, 0.29) is 0 Å². The van der Waals surface area contributed by atoms with E-state index in [1.165, 1.54) is 50.8 Å². The Kier molecular flexibility index (Phi) is 4.25. The summed E-state index contributed by atoms with van der Waals surface area (Å²) >= 11 is 0. The summed E-state index contributed by atoms with van der Waals surface area (Å²) < 4.78 is 0. The molecule has 1 heterocycles. The van der Waals surface area contributed by atoms with Crippen molar-refractivity contribution in [3.63, 3.8) is 0 Å². The van der Waals surface area contributed by atoms with Crippen LogP contribution in [-0.2, 0) is 0 Å². The highest BCUT2D eigenvalue weighted by Crippen LogP contribution is 2.34. The molecule has 0 radical (unpaired) electrons. The lowest BCUT2D eigenvalue weighted by Crippen LogP contribution is -2.37. The lowest BCUT2D eigenvalue weighted by atomic mass is 9.93. The number of nitrogens with one attached hydrogen (secondary N) is 1. The molecule has 2 rings (SSSR count). The predicted molar refractivity (Wildman–Crippen MR) is 69.9 cm³/mol. The molecule has 0 aromatic carbocycles. The van der Waals surface area contributed by atoms with Crippen molar-refractivity contribution < 1.29 is 0 Å². The molecule has 3 unspecified atom stereocenters. The zero-order valence-electron chi connectivity index (χ0n) is 10.8. The van der Waals surface area contributed by atoms with Crippen LogP contribution in [0, 0.1) is 11.8 Å². The third-order valence-corrected chi connectivity index (χ3v) is 4.48. The van der Waals surface area contributed by atoms with Crippen LogP contribution in [0.5, 0.6) is 0 Å². The fraction of sp³-hybridized carbons (Fsp3) is 0.929. The van der Waals surface area contributed by atoms with E-state index in [9.17, 15) is 0 Å². The molecule has 1 fully saturated rings. The van der Waals surface area contributed by atoms with E-state index in [2.05, 4.69) is 24.2 Å². The van der Waals surface area contributed by atoms with Crippen molar-refractivity contribution in [3.8, 4) is 0 Å². The Bertz CT molecular complexity index is 247. The summed E-state index contributed by atoms with van der Waals surface area (Å²) in [4.78, 5) is 4.68. The minimum absolute atomic E-state index is 0.696. The molecule has 0 aromatic heterocycles. The average Bonchev–Trinajstić information content (AvgIpc) is 2.52. The minimum atomic E-state index is 0.696. The van der Waals surface area contributed by atoms with E-state index < -0.39 is 0 Å². The highest BCUT2D eigenvalue weighted by Gasteiger charge is 2.31. The van der Waals surface area contributed by atoms with E-state index in [0.29, 0.717) is 6.04 Å². The second-order valence-electron chi connectivity index (χ2n) is 5.49. The minimum Gasteiger partial charge on any atom is -0.371 e.